The van der Waals surface area contributed by atoms with Crippen LogP contribution in [0.1, 0.15) is 43.6 Å². The van der Waals surface area contributed by atoms with Crippen molar-refractivity contribution in [2.45, 2.75) is 33.1 Å². The van der Waals surface area contributed by atoms with Crippen molar-refractivity contribution < 1.29 is 0 Å². The topological polar surface area (TPSA) is 81.1 Å². The smallest absolute Gasteiger partial charge is 0.263 e. The fourth-order valence-corrected chi connectivity index (χ4v) is 1.77. The van der Waals surface area contributed by atoms with Gasteiger partial charge in [-0.15, -0.1) is 35.0 Å². The van der Waals surface area contributed by atoms with E-state index in [0.717, 1.165) is 12.0 Å². The molecule has 22 heavy (non-hydrogen) atoms. The largest absolute Gasteiger partial charge is 0.335 e. The third-order valence-electron chi connectivity index (χ3n) is 3.06. The predicted molar refractivity (Wildman–Crippen MR) is 95.8 cm³/mol. The molecular formula is C14H22Cl2N6. The number of anilines is 1. The molecule has 0 aliphatic carbocycles. The van der Waals surface area contributed by atoms with Crippen LogP contribution in [0.15, 0.2) is 29.4 Å². The Labute approximate surface area is 143 Å². The van der Waals surface area contributed by atoms with Crippen LogP contribution in [0.25, 0.3) is 0 Å². The predicted octanol–water partition coefficient (Wildman–Crippen LogP) is 2.97. The Morgan fingerprint density at radius 3 is 2.36 bits per heavy atom. The van der Waals surface area contributed by atoms with Gasteiger partial charge in [0.1, 0.15) is 0 Å². The van der Waals surface area contributed by atoms with Gasteiger partial charge in [-0.3, -0.25) is 0 Å². The third-order valence-corrected chi connectivity index (χ3v) is 3.06. The van der Waals surface area contributed by atoms with Crippen molar-refractivity contribution in [2.24, 2.45) is 5.10 Å². The van der Waals surface area contributed by atoms with Crippen molar-refractivity contribution in [3.8, 4) is 0 Å². The molecule has 0 saturated heterocycles. The Morgan fingerprint density at radius 2 is 1.86 bits per heavy atom. The standard InChI is InChI=1S/C14H20N6.2ClH/c1-4-13-17-19-14(20(13)15)18-16-9-11-5-7-12(8-6-11)10(2)3;;/h5-10H,4,15H2,1-3H3,(H,18,19);2*1H. The van der Waals surface area contributed by atoms with Crippen molar-refractivity contribution in [3.05, 3.63) is 41.2 Å². The van der Waals surface area contributed by atoms with E-state index in [1.54, 1.807) is 6.21 Å². The zero-order valence-corrected chi connectivity index (χ0v) is 14.5. The second-order valence-corrected chi connectivity index (χ2v) is 4.85. The van der Waals surface area contributed by atoms with Gasteiger partial charge in [0.15, 0.2) is 5.82 Å². The lowest BCUT2D eigenvalue weighted by Crippen LogP contribution is -2.14. The van der Waals surface area contributed by atoms with Crippen LogP contribution in [-0.4, -0.2) is 21.1 Å². The van der Waals surface area contributed by atoms with Gasteiger partial charge in [0.25, 0.3) is 5.95 Å². The van der Waals surface area contributed by atoms with E-state index < -0.39 is 0 Å². The minimum Gasteiger partial charge on any atom is -0.335 e. The molecule has 122 valence electrons. The summed E-state index contributed by atoms with van der Waals surface area (Å²) in [6, 6.07) is 8.27. The number of nitrogens with two attached hydrogens (primary N) is 1. The molecule has 6 nitrogen and oxygen atoms in total. The summed E-state index contributed by atoms with van der Waals surface area (Å²) in [6.45, 7) is 6.31. The summed E-state index contributed by atoms with van der Waals surface area (Å²) in [6.07, 6.45) is 2.45. The molecular weight excluding hydrogens is 323 g/mol. The normalized spacial score (nSPS) is 10.4. The lowest BCUT2D eigenvalue weighted by atomic mass is 10.0. The minimum absolute atomic E-state index is 0. The number of halogens is 2. The van der Waals surface area contributed by atoms with E-state index in [1.165, 1.54) is 10.2 Å². The first-order chi connectivity index (χ1) is 9.61. The van der Waals surface area contributed by atoms with Gasteiger partial charge in [0, 0.05) is 6.42 Å². The van der Waals surface area contributed by atoms with Gasteiger partial charge in [-0.25, -0.2) is 10.1 Å². The van der Waals surface area contributed by atoms with Crippen molar-refractivity contribution in [3.63, 3.8) is 0 Å². The Hall–Kier alpha value is -1.79. The van der Waals surface area contributed by atoms with Crippen LogP contribution in [0.3, 0.4) is 0 Å². The van der Waals surface area contributed by atoms with Gasteiger partial charge in [-0.05, 0) is 17.0 Å². The number of aryl methyl sites for hydroxylation is 1. The van der Waals surface area contributed by atoms with Crippen molar-refractivity contribution >= 4 is 37.0 Å². The number of hydrogen-bond acceptors (Lipinski definition) is 5. The number of hydrazone groups is 1. The van der Waals surface area contributed by atoms with E-state index in [2.05, 4.69) is 46.7 Å². The van der Waals surface area contributed by atoms with Gasteiger partial charge < -0.3 is 5.84 Å². The molecule has 0 atom stereocenters. The molecule has 0 saturated carbocycles. The average Bonchev–Trinajstić information content (AvgIpc) is 2.80. The molecule has 8 heteroatoms. The number of hydrogen-bond donors (Lipinski definition) is 2. The molecule has 0 unspecified atom stereocenters. The maximum atomic E-state index is 5.80. The lowest BCUT2D eigenvalue weighted by molar-refractivity contribution is 0.855. The molecule has 0 radical (unpaired) electrons. The average molecular weight is 345 g/mol. The maximum Gasteiger partial charge on any atom is 0.263 e. The summed E-state index contributed by atoms with van der Waals surface area (Å²) in [7, 11) is 0. The molecule has 0 bridgehead atoms. The zero-order chi connectivity index (χ0) is 14.5. The molecule has 1 aromatic heterocycles. The van der Waals surface area contributed by atoms with Gasteiger partial charge in [-0.1, -0.05) is 45.0 Å². The number of nitrogens with zero attached hydrogens (tertiary/aromatic N) is 4. The molecule has 3 N–H and O–H groups in total. The number of benzene rings is 1. The zero-order valence-electron chi connectivity index (χ0n) is 12.9. The van der Waals surface area contributed by atoms with Crippen molar-refractivity contribution in [1.82, 2.24) is 14.9 Å². The first-order valence-electron chi connectivity index (χ1n) is 6.70. The highest BCUT2D eigenvalue weighted by atomic mass is 35.5. The molecule has 2 aromatic rings. The highest BCUT2D eigenvalue weighted by molar-refractivity contribution is 5.85. The molecule has 1 heterocycles. The van der Waals surface area contributed by atoms with E-state index in [4.69, 9.17) is 5.84 Å². The second kappa shape index (κ2) is 9.27. The molecule has 0 aliphatic rings. The van der Waals surface area contributed by atoms with Gasteiger partial charge in [0.05, 0.1) is 6.21 Å². The molecule has 0 spiro atoms. The van der Waals surface area contributed by atoms with Crippen LogP contribution < -0.4 is 11.3 Å². The maximum absolute atomic E-state index is 5.80. The summed E-state index contributed by atoms with van der Waals surface area (Å²) in [4.78, 5) is 0. The number of nitrogens with one attached hydrogen (secondary N) is 1. The molecule has 0 amide bonds. The summed E-state index contributed by atoms with van der Waals surface area (Å²) < 4.78 is 1.40. The van der Waals surface area contributed by atoms with Crippen LogP contribution in [-0.2, 0) is 6.42 Å². The Balaban J connectivity index is 0.00000220. The van der Waals surface area contributed by atoms with E-state index in [9.17, 15) is 0 Å². The summed E-state index contributed by atoms with van der Waals surface area (Å²) in [5.74, 6) is 7.47. The van der Waals surface area contributed by atoms with Crippen LogP contribution >= 0.6 is 24.8 Å². The van der Waals surface area contributed by atoms with Gasteiger partial charge >= 0.3 is 0 Å². The minimum atomic E-state index is 0. The van der Waals surface area contributed by atoms with Crippen LogP contribution in [0.5, 0.6) is 0 Å². The summed E-state index contributed by atoms with van der Waals surface area (Å²) in [5, 5.41) is 12.0. The first-order valence-corrected chi connectivity index (χ1v) is 6.70. The van der Waals surface area contributed by atoms with E-state index in [0.29, 0.717) is 17.7 Å². The number of rotatable bonds is 5. The third kappa shape index (κ3) is 4.89. The van der Waals surface area contributed by atoms with Crippen LogP contribution in [0, 0.1) is 0 Å². The first kappa shape index (κ1) is 20.2. The highest BCUT2D eigenvalue weighted by Crippen LogP contribution is 2.13. The fourth-order valence-electron chi connectivity index (χ4n) is 1.77. The SMILES string of the molecule is CCc1nnc(NN=Cc2ccc(C(C)C)cc2)n1N.Cl.Cl. The van der Waals surface area contributed by atoms with E-state index >= 15 is 0 Å². The van der Waals surface area contributed by atoms with Crippen molar-refractivity contribution in [2.75, 3.05) is 11.3 Å². The highest BCUT2D eigenvalue weighted by Gasteiger charge is 2.05. The molecule has 0 fully saturated rings. The Bertz CT molecular complexity index is 592. The van der Waals surface area contributed by atoms with Gasteiger partial charge in [0.2, 0.25) is 0 Å². The number of nitrogen functional groups attached to an aromatic ring is 1. The van der Waals surface area contributed by atoms with Crippen LogP contribution in [0.2, 0.25) is 0 Å². The lowest BCUT2D eigenvalue weighted by Gasteiger charge is -2.04. The van der Waals surface area contributed by atoms with E-state index in [-0.39, 0.29) is 24.8 Å². The molecule has 2 rings (SSSR count). The molecule has 0 aliphatic heterocycles. The Morgan fingerprint density at radius 1 is 1.23 bits per heavy atom. The summed E-state index contributed by atoms with van der Waals surface area (Å²) >= 11 is 0. The van der Waals surface area contributed by atoms with E-state index in [1.807, 2.05) is 19.1 Å². The quantitative estimate of drug-likeness (QED) is 0.496. The van der Waals surface area contributed by atoms with Crippen molar-refractivity contribution in [1.29, 1.82) is 0 Å². The van der Waals surface area contributed by atoms with Crippen LogP contribution in [0.4, 0.5) is 5.95 Å². The summed E-state index contributed by atoms with van der Waals surface area (Å²) in [5.41, 5.74) is 5.11. The Kier molecular flexibility index (Phi) is 8.52. The second-order valence-electron chi connectivity index (χ2n) is 4.85. The monoisotopic (exact) mass is 344 g/mol. The fraction of sp³-hybridized carbons (Fsp3) is 0.357. The van der Waals surface area contributed by atoms with Gasteiger partial charge in [-0.2, -0.15) is 5.10 Å². The number of aromatic nitrogens is 3. The molecule has 1 aromatic carbocycles.